The molecule has 0 radical (unpaired) electrons. The predicted octanol–water partition coefficient (Wildman–Crippen LogP) is 0.416. The van der Waals surface area contributed by atoms with Gasteiger partial charge in [0.15, 0.2) is 0 Å². The van der Waals surface area contributed by atoms with Gasteiger partial charge in [0.2, 0.25) is 5.91 Å². The smallest absolute Gasteiger partial charge is 0.220 e. The van der Waals surface area contributed by atoms with Crippen molar-refractivity contribution < 1.29 is 4.79 Å². The number of hydrogen-bond donors (Lipinski definition) is 2. The minimum atomic E-state index is 0.200. The van der Waals surface area contributed by atoms with Crippen LogP contribution in [-0.2, 0) is 11.8 Å². The van der Waals surface area contributed by atoms with Crippen LogP contribution in [0, 0.1) is 12.8 Å². The largest absolute Gasteiger partial charge is 0.394 e. The molecule has 0 aliphatic carbocycles. The van der Waals surface area contributed by atoms with Crippen molar-refractivity contribution in [2.24, 2.45) is 13.0 Å². The van der Waals surface area contributed by atoms with E-state index in [0.29, 0.717) is 18.4 Å². The average Bonchev–Trinajstić information content (AvgIpc) is 2.63. The van der Waals surface area contributed by atoms with Crippen LogP contribution in [0.1, 0.15) is 25.0 Å². The maximum absolute atomic E-state index is 11.4. The van der Waals surface area contributed by atoms with Crippen LogP contribution >= 0.6 is 0 Å². The number of piperidine rings is 2. The van der Waals surface area contributed by atoms with Gasteiger partial charge in [-0.2, -0.15) is 5.10 Å². The zero-order valence-corrected chi connectivity index (χ0v) is 11.5. The lowest BCUT2D eigenvalue weighted by molar-refractivity contribution is -0.124. The highest BCUT2D eigenvalue weighted by atomic mass is 16.1. The molecule has 1 aromatic heterocycles. The van der Waals surface area contributed by atoms with Crippen molar-refractivity contribution in [1.29, 1.82) is 0 Å². The van der Waals surface area contributed by atoms with E-state index in [0.717, 1.165) is 43.1 Å². The van der Waals surface area contributed by atoms with Gasteiger partial charge in [0.05, 0.1) is 11.4 Å². The third-order valence-electron chi connectivity index (χ3n) is 4.36. The summed E-state index contributed by atoms with van der Waals surface area (Å²) in [6.07, 6.45) is 2.61. The number of nitrogen functional groups attached to an aromatic ring is 1. The molecule has 2 unspecified atom stereocenters. The van der Waals surface area contributed by atoms with Crippen LogP contribution in [0.2, 0.25) is 0 Å². The minimum Gasteiger partial charge on any atom is -0.394 e. The lowest BCUT2D eigenvalue weighted by Gasteiger charge is -2.42. The van der Waals surface area contributed by atoms with Crippen molar-refractivity contribution in [1.82, 2.24) is 15.1 Å². The number of nitrogens with zero attached hydrogens (tertiary/aromatic N) is 3. The Hall–Kier alpha value is -1.72. The molecule has 2 aliphatic heterocycles. The second kappa shape index (κ2) is 4.43. The van der Waals surface area contributed by atoms with Gasteiger partial charge in [-0.25, -0.2) is 0 Å². The molecule has 0 bridgehead atoms. The molecule has 19 heavy (non-hydrogen) atoms. The van der Waals surface area contributed by atoms with E-state index < -0.39 is 0 Å². The van der Waals surface area contributed by atoms with Crippen molar-refractivity contribution in [2.45, 2.75) is 32.2 Å². The van der Waals surface area contributed by atoms with E-state index in [9.17, 15) is 4.79 Å². The van der Waals surface area contributed by atoms with Gasteiger partial charge < -0.3 is 16.0 Å². The normalized spacial score (nSPS) is 27.1. The fourth-order valence-electron chi connectivity index (χ4n) is 3.34. The first kappa shape index (κ1) is 12.3. The molecule has 2 fully saturated rings. The number of anilines is 2. The molecule has 1 amide bonds. The first-order chi connectivity index (χ1) is 9.06. The Labute approximate surface area is 112 Å². The monoisotopic (exact) mass is 263 g/mol. The Morgan fingerprint density at radius 2 is 2.21 bits per heavy atom. The molecule has 3 rings (SSSR count). The summed E-state index contributed by atoms with van der Waals surface area (Å²) in [6, 6.07) is 0.341. The number of aryl methyl sites for hydroxylation is 2. The van der Waals surface area contributed by atoms with Gasteiger partial charge in [0.25, 0.3) is 0 Å². The molecule has 1 aromatic rings. The number of carbonyl (C=O) groups excluding carboxylic acids is 1. The van der Waals surface area contributed by atoms with Gasteiger partial charge in [-0.3, -0.25) is 9.48 Å². The SMILES string of the molecule is Cc1nn(C)c(N2CCC3NC(=O)CCC3C2)c1N. The average molecular weight is 263 g/mol. The van der Waals surface area contributed by atoms with Gasteiger partial charge in [-0.15, -0.1) is 0 Å². The molecular weight excluding hydrogens is 242 g/mol. The highest BCUT2D eigenvalue weighted by Crippen LogP contribution is 2.32. The van der Waals surface area contributed by atoms with Gasteiger partial charge in [0, 0.05) is 32.6 Å². The molecule has 2 atom stereocenters. The third-order valence-corrected chi connectivity index (χ3v) is 4.36. The first-order valence-corrected chi connectivity index (χ1v) is 6.89. The number of rotatable bonds is 1. The fraction of sp³-hybridized carbons (Fsp3) is 0.692. The molecule has 0 saturated carbocycles. The Kier molecular flexibility index (Phi) is 2.88. The van der Waals surface area contributed by atoms with E-state index in [4.69, 9.17) is 5.73 Å². The molecule has 3 N–H and O–H groups in total. The molecule has 0 aromatic carbocycles. The van der Waals surface area contributed by atoms with Crippen LogP contribution in [0.4, 0.5) is 11.5 Å². The number of aromatic nitrogens is 2. The van der Waals surface area contributed by atoms with Gasteiger partial charge in [-0.1, -0.05) is 0 Å². The molecule has 3 heterocycles. The minimum absolute atomic E-state index is 0.200. The van der Waals surface area contributed by atoms with Crippen molar-refractivity contribution in [3.8, 4) is 0 Å². The third kappa shape index (κ3) is 2.05. The molecule has 104 valence electrons. The summed E-state index contributed by atoms with van der Waals surface area (Å²) in [4.78, 5) is 13.7. The number of carbonyl (C=O) groups is 1. The zero-order chi connectivity index (χ0) is 13.6. The van der Waals surface area contributed by atoms with Crippen molar-refractivity contribution >= 4 is 17.4 Å². The number of fused-ring (bicyclic) bond motifs is 1. The van der Waals surface area contributed by atoms with Crippen LogP contribution in [0.5, 0.6) is 0 Å². The molecule has 2 aliphatic rings. The standard InChI is InChI=1S/C13H21N5O/c1-8-12(14)13(17(2)16-8)18-6-5-10-9(7-18)3-4-11(19)15-10/h9-10H,3-7,14H2,1-2H3,(H,15,19). The lowest BCUT2D eigenvalue weighted by Crippen LogP contribution is -2.54. The number of hydrogen-bond acceptors (Lipinski definition) is 4. The van der Waals surface area contributed by atoms with Gasteiger partial charge >= 0.3 is 0 Å². The Bertz CT molecular complexity index is 509. The maximum atomic E-state index is 11.4. The number of amides is 1. The highest BCUT2D eigenvalue weighted by Gasteiger charge is 2.35. The summed E-state index contributed by atoms with van der Waals surface area (Å²) >= 11 is 0. The van der Waals surface area contributed by atoms with Gasteiger partial charge in [0.1, 0.15) is 5.82 Å². The quantitative estimate of drug-likeness (QED) is 0.769. The number of nitrogens with one attached hydrogen (secondary N) is 1. The predicted molar refractivity (Wildman–Crippen MR) is 73.8 cm³/mol. The Morgan fingerprint density at radius 1 is 1.42 bits per heavy atom. The second-order valence-electron chi connectivity index (χ2n) is 5.65. The zero-order valence-electron chi connectivity index (χ0n) is 11.5. The van der Waals surface area contributed by atoms with E-state index in [1.165, 1.54) is 0 Å². The van der Waals surface area contributed by atoms with E-state index in [1.54, 1.807) is 0 Å². The van der Waals surface area contributed by atoms with Crippen molar-refractivity contribution in [2.75, 3.05) is 23.7 Å². The summed E-state index contributed by atoms with van der Waals surface area (Å²) < 4.78 is 1.87. The summed E-state index contributed by atoms with van der Waals surface area (Å²) in [6.45, 7) is 3.81. The first-order valence-electron chi connectivity index (χ1n) is 6.89. The van der Waals surface area contributed by atoms with E-state index in [1.807, 2.05) is 18.7 Å². The van der Waals surface area contributed by atoms with Crippen LogP contribution in [0.3, 0.4) is 0 Å². The van der Waals surface area contributed by atoms with Crippen LogP contribution in [-0.4, -0.2) is 34.8 Å². The topological polar surface area (TPSA) is 76.2 Å². The maximum Gasteiger partial charge on any atom is 0.220 e. The van der Waals surface area contributed by atoms with Crippen molar-refractivity contribution in [3.05, 3.63) is 5.69 Å². The molecular formula is C13H21N5O. The van der Waals surface area contributed by atoms with Crippen LogP contribution < -0.4 is 16.0 Å². The summed E-state index contributed by atoms with van der Waals surface area (Å²) in [7, 11) is 1.94. The summed E-state index contributed by atoms with van der Waals surface area (Å²) in [5.41, 5.74) is 7.79. The fourth-order valence-corrected chi connectivity index (χ4v) is 3.34. The second-order valence-corrected chi connectivity index (χ2v) is 5.65. The summed E-state index contributed by atoms with van der Waals surface area (Å²) in [5.74, 6) is 1.75. The molecule has 6 nitrogen and oxygen atoms in total. The van der Waals surface area contributed by atoms with E-state index in [-0.39, 0.29) is 5.91 Å². The lowest BCUT2D eigenvalue weighted by atomic mass is 9.85. The van der Waals surface area contributed by atoms with E-state index >= 15 is 0 Å². The number of nitrogens with two attached hydrogens (primary N) is 1. The van der Waals surface area contributed by atoms with Gasteiger partial charge in [-0.05, 0) is 25.7 Å². The molecule has 0 spiro atoms. The highest BCUT2D eigenvalue weighted by molar-refractivity contribution is 5.77. The van der Waals surface area contributed by atoms with Crippen LogP contribution in [0.15, 0.2) is 0 Å². The Morgan fingerprint density at radius 3 is 2.89 bits per heavy atom. The van der Waals surface area contributed by atoms with E-state index in [2.05, 4.69) is 15.3 Å². The van der Waals surface area contributed by atoms with Crippen LogP contribution in [0.25, 0.3) is 0 Å². The molecule has 6 heteroatoms. The Balaban J connectivity index is 1.79. The molecule has 2 saturated heterocycles. The summed E-state index contributed by atoms with van der Waals surface area (Å²) in [5, 5.41) is 7.49. The van der Waals surface area contributed by atoms with Crippen molar-refractivity contribution in [3.63, 3.8) is 0 Å².